The molecule has 0 bridgehead atoms. The Labute approximate surface area is 81.7 Å². The van der Waals surface area contributed by atoms with Gasteiger partial charge in [-0.3, -0.25) is 4.90 Å². The molecule has 0 aromatic carbocycles. The van der Waals surface area contributed by atoms with Gasteiger partial charge in [-0.25, -0.2) is 0 Å². The molecule has 2 heteroatoms. The van der Waals surface area contributed by atoms with Crippen LogP contribution in [0.3, 0.4) is 0 Å². The zero-order valence-corrected chi connectivity index (χ0v) is 8.55. The average Bonchev–Trinajstić information content (AvgIpc) is 2.64. The average molecular weight is 180 g/mol. The first kappa shape index (κ1) is 10.6. The van der Waals surface area contributed by atoms with Gasteiger partial charge in [0.15, 0.2) is 0 Å². The Kier molecular flexibility index (Phi) is 4.88. The van der Waals surface area contributed by atoms with Crippen LogP contribution in [-0.4, -0.2) is 37.1 Å². The Morgan fingerprint density at radius 2 is 2.46 bits per heavy atom. The van der Waals surface area contributed by atoms with Crippen molar-refractivity contribution in [3.63, 3.8) is 0 Å². The van der Waals surface area contributed by atoms with Crippen molar-refractivity contribution in [2.75, 3.05) is 26.2 Å². The Bertz CT molecular complexity index is 165. The molecule has 74 valence electrons. The Hall–Kier alpha value is -0.520. The molecule has 13 heavy (non-hydrogen) atoms. The van der Waals surface area contributed by atoms with Crippen molar-refractivity contribution < 1.29 is 0 Å². The van der Waals surface area contributed by atoms with E-state index in [1.807, 2.05) is 0 Å². The SMILES string of the molecule is C#CCN(CC)CCC1CCCN1. The number of rotatable bonds is 5. The molecule has 1 heterocycles. The minimum Gasteiger partial charge on any atom is -0.314 e. The molecule has 2 nitrogen and oxygen atoms in total. The third-order valence-corrected chi connectivity index (χ3v) is 2.72. The highest BCUT2D eigenvalue weighted by Gasteiger charge is 2.14. The third-order valence-electron chi connectivity index (χ3n) is 2.72. The molecule has 1 aliphatic rings. The van der Waals surface area contributed by atoms with Gasteiger partial charge in [-0.2, -0.15) is 0 Å². The highest BCUT2D eigenvalue weighted by Crippen LogP contribution is 2.09. The van der Waals surface area contributed by atoms with E-state index >= 15 is 0 Å². The van der Waals surface area contributed by atoms with Crippen LogP contribution in [0.25, 0.3) is 0 Å². The zero-order valence-electron chi connectivity index (χ0n) is 8.55. The normalized spacial score (nSPS) is 22.1. The quantitative estimate of drug-likeness (QED) is 0.637. The summed E-state index contributed by atoms with van der Waals surface area (Å²) in [6, 6.07) is 0.742. The van der Waals surface area contributed by atoms with E-state index < -0.39 is 0 Å². The van der Waals surface area contributed by atoms with Gasteiger partial charge in [-0.1, -0.05) is 12.8 Å². The van der Waals surface area contributed by atoms with E-state index in [9.17, 15) is 0 Å². The number of nitrogens with one attached hydrogen (secondary N) is 1. The van der Waals surface area contributed by atoms with Crippen molar-refractivity contribution in [2.45, 2.75) is 32.2 Å². The highest BCUT2D eigenvalue weighted by molar-refractivity contribution is 4.88. The van der Waals surface area contributed by atoms with Gasteiger partial charge in [-0.05, 0) is 32.4 Å². The van der Waals surface area contributed by atoms with Crippen LogP contribution in [0.2, 0.25) is 0 Å². The van der Waals surface area contributed by atoms with Crippen LogP contribution in [0.15, 0.2) is 0 Å². The molecule has 1 atom stereocenters. The lowest BCUT2D eigenvalue weighted by atomic mass is 10.1. The van der Waals surface area contributed by atoms with Crippen molar-refractivity contribution in [1.82, 2.24) is 10.2 Å². The van der Waals surface area contributed by atoms with Crippen LogP contribution in [-0.2, 0) is 0 Å². The molecule has 0 amide bonds. The second-order valence-corrected chi connectivity index (χ2v) is 3.65. The molecule has 1 unspecified atom stereocenters. The summed E-state index contributed by atoms with van der Waals surface area (Å²) in [4.78, 5) is 2.32. The summed E-state index contributed by atoms with van der Waals surface area (Å²) < 4.78 is 0. The van der Waals surface area contributed by atoms with Crippen molar-refractivity contribution in [3.8, 4) is 12.3 Å². The fraction of sp³-hybridized carbons (Fsp3) is 0.818. The molecule has 0 spiro atoms. The van der Waals surface area contributed by atoms with Crippen LogP contribution < -0.4 is 5.32 Å². The molecular weight excluding hydrogens is 160 g/mol. The lowest BCUT2D eigenvalue weighted by molar-refractivity contribution is 0.303. The summed E-state index contributed by atoms with van der Waals surface area (Å²) in [6.45, 7) is 6.36. The number of terminal acetylenes is 1. The fourth-order valence-corrected chi connectivity index (χ4v) is 1.82. The molecular formula is C11H20N2. The van der Waals surface area contributed by atoms with E-state index in [0.717, 1.165) is 25.7 Å². The summed E-state index contributed by atoms with van der Waals surface area (Å²) in [5, 5.41) is 3.50. The third kappa shape index (κ3) is 3.80. The molecule has 1 N–H and O–H groups in total. The van der Waals surface area contributed by atoms with E-state index in [4.69, 9.17) is 6.42 Å². The minimum absolute atomic E-state index is 0.742. The molecule has 0 radical (unpaired) electrons. The van der Waals surface area contributed by atoms with Crippen molar-refractivity contribution in [2.24, 2.45) is 0 Å². The second kappa shape index (κ2) is 6.01. The van der Waals surface area contributed by atoms with Gasteiger partial charge in [0.05, 0.1) is 6.54 Å². The first-order valence-corrected chi connectivity index (χ1v) is 5.26. The number of hydrogen-bond donors (Lipinski definition) is 1. The maximum absolute atomic E-state index is 5.28. The van der Waals surface area contributed by atoms with E-state index in [1.54, 1.807) is 0 Å². The first-order valence-electron chi connectivity index (χ1n) is 5.26. The van der Waals surface area contributed by atoms with E-state index in [0.29, 0.717) is 0 Å². The summed E-state index contributed by atoms with van der Waals surface area (Å²) in [6.07, 6.45) is 9.21. The van der Waals surface area contributed by atoms with Gasteiger partial charge in [0.25, 0.3) is 0 Å². The van der Waals surface area contributed by atoms with Crippen LogP contribution in [0.1, 0.15) is 26.2 Å². The zero-order chi connectivity index (χ0) is 9.52. The van der Waals surface area contributed by atoms with Gasteiger partial charge < -0.3 is 5.32 Å². The smallest absolute Gasteiger partial charge is 0.0598 e. The van der Waals surface area contributed by atoms with E-state index in [1.165, 1.54) is 25.8 Å². The van der Waals surface area contributed by atoms with Crippen molar-refractivity contribution in [3.05, 3.63) is 0 Å². The standard InChI is InChI=1S/C11H20N2/c1-3-9-13(4-2)10-7-11-6-5-8-12-11/h1,11-12H,4-10H2,2H3. The Morgan fingerprint density at radius 1 is 1.62 bits per heavy atom. The maximum Gasteiger partial charge on any atom is 0.0598 e. The first-order chi connectivity index (χ1) is 6.36. The predicted octanol–water partition coefficient (Wildman–Crippen LogP) is 1.08. The highest BCUT2D eigenvalue weighted by atomic mass is 15.1. The molecule has 0 aromatic heterocycles. The summed E-state index contributed by atoms with van der Waals surface area (Å²) >= 11 is 0. The van der Waals surface area contributed by atoms with E-state index in [-0.39, 0.29) is 0 Å². The Morgan fingerprint density at radius 3 is 3.00 bits per heavy atom. The summed E-state index contributed by atoms with van der Waals surface area (Å²) in [5.41, 5.74) is 0. The van der Waals surface area contributed by atoms with Crippen LogP contribution in [0.5, 0.6) is 0 Å². The number of hydrogen-bond acceptors (Lipinski definition) is 2. The van der Waals surface area contributed by atoms with Gasteiger partial charge in [0.1, 0.15) is 0 Å². The van der Waals surface area contributed by atoms with Crippen molar-refractivity contribution >= 4 is 0 Å². The largest absolute Gasteiger partial charge is 0.314 e. The maximum atomic E-state index is 5.28. The molecule has 1 aliphatic heterocycles. The van der Waals surface area contributed by atoms with Crippen LogP contribution in [0.4, 0.5) is 0 Å². The van der Waals surface area contributed by atoms with Gasteiger partial charge >= 0.3 is 0 Å². The molecule has 0 aromatic rings. The van der Waals surface area contributed by atoms with Gasteiger partial charge in [-0.15, -0.1) is 6.42 Å². The van der Waals surface area contributed by atoms with Crippen molar-refractivity contribution in [1.29, 1.82) is 0 Å². The van der Waals surface area contributed by atoms with E-state index in [2.05, 4.69) is 23.1 Å². The summed E-state index contributed by atoms with van der Waals surface area (Å²) in [5.74, 6) is 2.70. The fourth-order valence-electron chi connectivity index (χ4n) is 1.82. The Balaban J connectivity index is 2.11. The molecule has 0 aliphatic carbocycles. The summed E-state index contributed by atoms with van der Waals surface area (Å²) in [7, 11) is 0. The lowest BCUT2D eigenvalue weighted by Crippen LogP contribution is -2.30. The molecule has 1 rings (SSSR count). The van der Waals surface area contributed by atoms with Crippen LogP contribution >= 0.6 is 0 Å². The molecule has 0 saturated carbocycles. The predicted molar refractivity (Wildman–Crippen MR) is 56.6 cm³/mol. The second-order valence-electron chi connectivity index (χ2n) is 3.65. The molecule has 1 saturated heterocycles. The van der Waals surface area contributed by atoms with Crippen LogP contribution in [0, 0.1) is 12.3 Å². The topological polar surface area (TPSA) is 15.3 Å². The molecule has 1 fully saturated rings. The minimum atomic E-state index is 0.742. The monoisotopic (exact) mass is 180 g/mol. The number of nitrogens with zero attached hydrogens (tertiary/aromatic N) is 1. The van der Waals surface area contributed by atoms with Gasteiger partial charge in [0, 0.05) is 12.6 Å². The van der Waals surface area contributed by atoms with Gasteiger partial charge in [0.2, 0.25) is 0 Å². The lowest BCUT2D eigenvalue weighted by Gasteiger charge is -2.19.